The average molecular weight is 246 g/mol. The quantitative estimate of drug-likeness (QED) is 0.832. The molecule has 2 rings (SSSR count). The molecular weight excluding hydrogens is 228 g/mol. The van der Waals surface area contributed by atoms with E-state index in [0.717, 1.165) is 18.4 Å². The largest absolute Gasteiger partial charge is 0.349 e. The highest BCUT2D eigenvalue weighted by atomic mass is 16.1. The van der Waals surface area contributed by atoms with Crippen molar-refractivity contribution in [3.63, 3.8) is 0 Å². The van der Waals surface area contributed by atoms with E-state index in [1.807, 2.05) is 31.3 Å². The second kappa shape index (κ2) is 5.64. The van der Waals surface area contributed by atoms with E-state index in [2.05, 4.69) is 10.4 Å². The lowest BCUT2D eigenvalue weighted by atomic mass is 10.1. The van der Waals surface area contributed by atoms with Crippen molar-refractivity contribution >= 4 is 11.4 Å². The number of fused-ring (bicyclic) bond motifs is 1. The average Bonchev–Trinajstić information content (AvgIpc) is 2.80. The summed E-state index contributed by atoms with van der Waals surface area (Å²) in [6.07, 6.45) is 5.22. The number of carbonyl (C=O) groups excluding carboxylic acids is 1. The maximum absolute atomic E-state index is 12.1. The van der Waals surface area contributed by atoms with E-state index in [9.17, 15) is 4.79 Å². The van der Waals surface area contributed by atoms with Gasteiger partial charge in [-0.2, -0.15) is 5.10 Å². The van der Waals surface area contributed by atoms with Crippen molar-refractivity contribution in [2.24, 2.45) is 5.73 Å². The lowest BCUT2D eigenvalue weighted by molar-refractivity contribution is 0.0940. The molecule has 0 saturated heterocycles. The molecule has 0 bridgehead atoms. The normalized spacial score (nSPS) is 12.6. The zero-order chi connectivity index (χ0) is 13.0. The lowest BCUT2D eigenvalue weighted by Crippen LogP contribution is -2.32. The Balaban J connectivity index is 2.09. The summed E-state index contributed by atoms with van der Waals surface area (Å²) in [5, 5.41) is 7.11. The smallest absolute Gasteiger partial charge is 0.255 e. The molecule has 18 heavy (non-hydrogen) atoms. The van der Waals surface area contributed by atoms with Gasteiger partial charge in [0.15, 0.2) is 0 Å². The molecule has 1 amide bonds. The van der Waals surface area contributed by atoms with E-state index in [-0.39, 0.29) is 11.9 Å². The first-order valence-electron chi connectivity index (χ1n) is 6.15. The highest BCUT2D eigenvalue weighted by molar-refractivity contribution is 6.00. The minimum atomic E-state index is -0.0827. The molecule has 0 aliphatic rings. The van der Waals surface area contributed by atoms with E-state index in [1.54, 1.807) is 10.7 Å². The Bertz CT molecular complexity index is 535. The molecule has 5 heteroatoms. The number of amides is 1. The summed E-state index contributed by atoms with van der Waals surface area (Å²) < 4.78 is 1.69. The summed E-state index contributed by atoms with van der Waals surface area (Å²) in [6, 6.07) is 5.78. The molecule has 0 spiro atoms. The first-order chi connectivity index (χ1) is 8.72. The lowest BCUT2D eigenvalue weighted by Gasteiger charge is -2.12. The number of pyridine rings is 1. The number of rotatable bonds is 5. The summed E-state index contributed by atoms with van der Waals surface area (Å²) in [5.41, 5.74) is 6.88. The van der Waals surface area contributed by atoms with Gasteiger partial charge in [-0.15, -0.1) is 0 Å². The minimum absolute atomic E-state index is 0.0827. The van der Waals surface area contributed by atoms with Crippen LogP contribution in [0.1, 0.15) is 30.1 Å². The van der Waals surface area contributed by atoms with Crippen LogP contribution in [0.2, 0.25) is 0 Å². The summed E-state index contributed by atoms with van der Waals surface area (Å²) in [6.45, 7) is 2.64. The fourth-order valence-corrected chi connectivity index (χ4v) is 1.91. The van der Waals surface area contributed by atoms with Crippen LogP contribution in [0.25, 0.3) is 5.52 Å². The highest BCUT2D eigenvalue weighted by Crippen LogP contribution is 2.10. The molecule has 0 aliphatic carbocycles. The predicted octanol–water partition coefficient (Wildman–Crippen LogP) is 1.19. The second-order valence-electron chi connectivity index (χ2n) is 4.39. The molecule has 1 atom stereocenters. The number of nitrogens with two attached hydrogens (primary N) is 1. The van der Waals surface area contributed by atoms with Crippen molar-refractivity contribution in [2.75, 3.05) is 6.54 Å². The number of hydrogen-bond acceptors (Lipinski definition) is 3. The maximum atomic E-state index is 12.1. The van der Waals surface area contributed by atoms with Crippen LogP contribution in [0.4, 0.5) is 0 Å². The molecule has 3 N–H and O–H groups in total. The van der Waals surface area contributed by atoms with Crippen LogP contribution < -0.4 is 11.1 Å². The van der Waals surface area contributed by atoms with Crippen molar-refractivity contribution in [2.45, 2.75) is 25.8 Å². The SMILES string of the molecule is CC(CCCN)NC(=O)c1cnn2ccccc12. The monoisotopic (exact) mass is 246 g/mol. The third-order valence-corrected chi connectivity index (χ3v) is 2.89. The van der Waals surface area contributed by atoms with Crippen LogP contribution in [-0.4, -0.2) is 28.1 Å². The highest BCUT2D eigenvalue weighted by Gasteiger charge is 2.14. The van der Waals surface area contributed by atoms with Crippen LogP contribution in [0, 0.1) is 0 Å². The Kier molecular flexibility index (Phi) is 3.94. The molecule has 1 unspecified atom stereocenters. The van der Waals surface area contributed by atoms with Gasteiger partial charge in [-0.25, -0.2) is 4.52 Å². The molecule has 0 radical (unpaired) electrons. The molecule has 0 fully saturated rings. The maximum Gasteiger partial charge on any atom is 0.255 e. The van der Waals surface area contributed by atoms with Gasteiger partial charge in [0.2, 0.25) is 0 Å². The Morgan fingerprint density at radius 3 is 3.17 bits per heavy atom. The number of nitrogens with zero attached hydrogens (tertiary/aromatic N) is 2. The number of aromatic nitrogens is 2. The Morgan fingerprint density at radius 2 is 2.39 bits per heavy atom. The molecular formula is C13H18N4O. The van der Waals surface area contributed by atoms with Crippen molar-refractivity contribution in [3.05, 3.63) is 36.2 Å². The summed E-state index contributed by atoms with van der Waals surface area (Å²) in [7, 11) is 0. The topological polar surface area (TPSA) is 72.4 Å². The van der Waals surface area contributed by atoms with Gasteiger partial charge in [-0.3, -0.25) is 4.79 Å². The van der Waals surface area contributed by atoms with Crippen LogP contribution in [0.3, 0.4) is 0 Å². The van der Waals surface area contributed by atoms with Crippen molar-refractivity contribution in [1.82, 2.24) is 14.9 Å². The van der Waals surface area contributed by atoms with Crippen molar-refractivity contribution in [1.29, 1.82) is 0 Å². The van der Waals surface area contributed by atoms with Crippen molar-refractivity contribution in [3.8, 4) is 0 Å². The number of nitrogens with one attached hydrogen (secondary N) is 1. The van der Waals surface area contributed by atoms with Crippen LogP contribution >= 0.6 is 0 Å². The number of carbonyl (C=O) groups is 1. The number of hydrogen-bond donors (Lipinski definition) is 2. The van der Waals surface area contributed by atoms with Gasteiger partial charge in [0.1, 0.15) is 0 Å². The van der Waals surface area contributed by atoms with Gasteiger partial charge in [-0.1, -0.05) is 6.07 Å². The van der Waals surface area contributed by atoms with E-state index in [4.69, 9.17) is 5.73 Å². The second-order valence-corrected chi connectivity index (χ2v) is 4.39. The van der Waals surface area contributed by atoms with Crippen LogP contribution in [-0.2, 0) is 0 Å². The molecule has 2 aromatic heterocycles. The van der Waals surface area contributed by atoms with E-state index < -0.39 is 0 Å². The summed E-state index contributed by atoms with van der Waals surface area (Å²) in [4.78, 5) is 12.1. The Morgan fingerprint density at radius 1 is 1.56 bits per heavy atom. The van der Waals surface area contributed by atoms with Crippen molar-refractivity contribution < 1.29 is 4.79 Å². The van der Waals surface area contributed by atoms with Gasteiger partial charge in [0, 0.05) is 12.2 Å². The third-order valence-electron chi connectivity index (χ3n) is 2.89. The molecule has 0 saturated carbocycles. The van der Waals surface area contributed by atoms with E-state index in [0.29, 0.717) is 12.1 Å². The van der Waals surface area contributed by atoms with E-state index >= 15 is 0 Å². The fourth-order valence-electron chi connectivity index (χ4n) is 1.91. The molecule has 2 heterocycles. The standard InChI is InChI=1S/C13H18N4O/c1-10(5-4-7-14)16-13(18)11-9-15-17-8-3-2-6-12(11)17/h2-3,6,8-10H,4-5,7,14H2,1H3,(H,16,18). The van der Waals surface area contributed by atoms with Gasteiger partial charge in [0.25, 0.3) is 5.91 Å². The molecule has 5 nitrogen and oxygen atoms in total. The Hall–Kier alpha value is -1.88. The third kappa shape index (κ3) is 2.68. The van der Waals surface area contributed by atoms with Crippen LogP contribution in [0.5, 0.6) is 0 Å². The molecule has 96 valence electrons. The molecule has 0 aromatic carbocycles. The predicted molar refractivity (Wildman–Crippen MR) is 70.4 cm³/mol. The van der Waals surface area contributed by atoms with Crippen LogP contribution in [0.15, 0.2) is 30.6 Å². The zero-order valence-corrected chi connectivity index (χ0v) is 10.5. The fraction of sp³-hybridized carbons (Fsp3) is 0.385. The summed E-state index contributed by atoms with van der Waals surface area (Å²) in [5.74, 6) is -0.0827. The molecule has 2 aromatic rings. The zero-order valence-electron chi connectivity index (χ0n) is 10.5. The van der Waals surface area contributed by atoms with Gasteiger partial charge in [-0.05, 0) is 38.4 Å². The van der Waals surface area contributed by atoms with Gasteiger partial charge in [0.05, 0.1) is 17.3 Å². The van der Waals surface area contributed by atoms with Gasteiger partial charge < -0.3 is 11.1 Å². The first kappa shape index (κ1) is 12.6. The van der Waals surface area contributed by atoms with E-state index in [1.165, 1.54) is 0 Å². The molecule has 0 aliphatic heterocycles. The minimum Gasteiger partial charge on any atom is -0.349 e. The van der Waals surface area contributed by atoms with Gasteiger partial charge >= 0.3 is 0 Å². The Labute approximate surface area is 106 Å². The first-order valence-corrected chi connectivity index (χ1v) is 6.15. The summed E-state index contributed by atoms with van der Waals surface area (Å²) >= 11 is 0.